The average Bonchev–Trinajstić information content (AvgIpc) is 2.53. The molecule has 1 atom stereocenters. The number of nitrogens with two attached hydrogens (primary N) is 1. The van der Waals surface area contributed by atoms with Crippen molar-refractivity contribution in [1.82, 2.24) is 4.90 Å². The van der Waals surface area contributed by atoms with Crippen LogP contribution in [0, 0.1) is 0 Å². The average molecular weight is 309 g/mol. The van der Waals surface area contributed by atoms with Gasteiger partial charge in [0.1, 0.15) is 12.4 Å². The van der Waals surface area contributed by atoms with Gasteiger partial charge in [-0.05, 0) is 31.4 Å². The summed E-state index contributed by atoms with van der Waals surface area (Å²) in [6, 6.07) is 7.97. The van der Waals surface area contributed by atoms with Gasteiger partial charge in [0.25, 0.3) is 5.91 Å². The minimum absolute atomic E-state index is 0. The van der Waals surface area contributed by atoms with Crippen LogP contribution in [0.4, 0.5) is 0 Å². The van der Waals surface area contributed by atoms with Crippen molar-refractivity contribution in [3.8, 4) is 5.75 Å². The summed E-state index contributed by atoms with van der Waals surface area (Å²) in [6.07, 6.45) is 5.17. The number of fused-ring (bicyclic) bond motifs is 1. The third-order valence-electron chi connectivity index (χ3n) is 4.07. The Bertz CT molecular complexity index is 545. The molecule has 0 spiro atoms. The number of halogens is 1. The first-order chi connectivity index (χ1) is 9.79. The molecule has 1 saturated heterocycles. The molecule has 2 aliphatic heterocycles. The largest absolute Gasteiger partial charge is 0.488 e. The third kappa shape index (κ3) is 3.22. The van der Waals surface area contributed by atoms with Crippen molar-refractivity contribution in [2.75, 3.05) is 19.7 Å². The van der Waals surface area contributed by atoms with Gasteiger partial charge in [-0.1, -0.05) is 18.2 Å². The van der Waals surface area contributed by atoms with Crippen LogP contribution in [0.25, 0.3) is 6.08 Å². The van der Waals surface area contributed by atoms with Gasteiger partial charge in [-0.3, -0.25) is 4.79 Å². The van der Waals surface area contributed by atoms with Crippen LogP contribution in [0.2, 0.25) is 0 Å². The molecular weight excluding hydrogens is 288 g/mol. The molecule has 114 valence electrons. The molecule has 1 fully saturated rings. The predicted molar refractivity (Wildman–Crippen MR) is 85.6 cm³/mol. The Morgan fingerprint density at radius 1 is 1.33 bits per heavy atom. The van der Waals surface area contributed by atoms with Crippen LogP contribution >= 0.6 is 12.4 Å². The Balaban J connectivity index is 0.00000161. The highest BCUT2D eigenvalue weighted by molar-refractivity contribution is 5.99. The Morgan fingerprint density at radius 3 is 2.95 bits per heavy atom. The van der Waals surface area contributed by atoms with Crippen molar-refractivity contribution in [3.05, 3.63) is 35.4 Å². The van der Waals surface area contributed by atoms with Crippen LogP contribution in [-0.2, 0) is 4.79 Å². The highest BCUT2D eigenvalue weighted by atomic mass is 35.5. The first-order valence-corrected chi connectivity index (χ1v) is 7.23. The number of piperidine rings is 1. The lowest BCUT2D eigenvalue weighted by Gasteiger charge is -2.36. The second-order valence-electron chi connectivity index (χ2n) is 5.38. The summed E-state index contributed by atoms with van der Waals surface area (Å²) in [7, 11) is 0. The molecule has 2 N–H and O–H groups in total. The van der Waals surface area contributed by atoms with Gasteiger partial charge in [-0.25, -0.2) is 0 Å². The van der Waals surface area contributed by atoms with E-state index in [2.05, 4.69) is 0 Å². The molecule has 2 aliphatic rings. The van der Waals surface area contributed by atoms with Gasteiger partial charge in [-0.2, -0.15) is 0 Å². The van der Waals surface area contributed by atoms with E-state index in [1.807, 2.05) is 35.2 Å². The molecule has 21 heavy (non-hydrogen) atoms. The van der Waals surface area contributed by atoms with Gasteiger partial charge >= 0.3 is 0 Å². The molecule has 1 amide bonds. The number of ether oxygens (including phenoxy) is 1. The number of carbonyl (C=O) groups is 1. The summed E-state index contributed by atoms with van der Waals surface area (Å²) < 4.78 is 5.67. The number of benzene rings is 1. The fourth-order valence-corrected chi connectivity index (χ4v) is 2.94. The molecule has 4 nitrogen and oxygen atoms in total. The number of amides is 1. The van der Waals surface area contributed by atoms with E-state index in [1.54, 1.807) is 0 Å². The normalized spacial score (nSPS) is 20.7. The lowest BCUT2D eigenvalue weighted by Crippen LogP contribution is -2.48. The molecule has 3 rings (SSSR count). The van der Waals surface area contributed by atoms with Crippen LogP contribution in [0.3, 0.4) is 0 Å². The maximum absolute atomic E-state index is 12.7. The number of para-hydroxylation sites is 1. The van der Waals surface area contributed by atoms with Crippen molar-refractivity contribution in [2.45, 2.75) is 25.3 Å². The highest BCUT2D eigenvalue weighted by Gasteiger charge is 2.29. The van der Waals surface area contributed by atoms with E-state index in [0.717, 1.165) is 42.7 Å². The Labute approximate surface area is 131 Å². The molecule has 0 aromatic heterocycles. The predicted octanol–water partition coefficient (Wildman–Crippen LogP) is 2.22. The van der Waals surface area contributed by atoms with Gasteiger partial charge in [0.15, 0.2) is 0 Å². The first-order valence-electron chi connectivity index (χ1n) is 7.23. The van der Waals surface area contributed by atoms with E-state index >= 15 is 0 Å². The molecular formula is C16H21ClN2O2. The van der Waals surface area contributed by atoms with Gasteiger partial charge in [0.2, 0.25) is 0 Å². The van der Waals surface area contributed by atoms with E-state index < -0.39 is 0 Å². The first kappa shape index (κ1) is 15.9. The summed E-state index contributed by atoms with van der Waals surface area (Å²) in [5, 5.41) is 0. The fourth-order valence-electron chi connectivity index (χ4n) is 2.94. The lowest BCUT2D eigenvalue weighted by molar-refractivity contribution is -0.130. The highest BCUT2D eigenvalue weighted by Crippen LogP contribution is 2.27. The summed E-state index contributed by atoms with van der Waals surface area (Å²) in [5.41, 5.74) is 7.49. The van der Waals surface area contributed by atoms with Crippen LogP contribution < -0.4 is 10.5 Å². The Hall–Kier alpha value is -1.52. The van der Waals surface area contributed by atoms with Crippen molar-refractivity contribution in [1.29, 1.82) is 0 Å². The van der Waals surface area contributed by atoms with Crippen LogP contribution in [0.1, 0.15) is 24.8 Å². The Kier molecular flexibility index (Phi) is 5.26. The molecule has 1 aromatic rings. The number of likely N-dealkylation sites (tertiary alicyclic amines) is 1. The van der Waals surface area contributed by atoms with Gasteiger partial charge in [0.05, 0.1) is 5.57 Å². The summed E-state index contributed by atoms with van der Waals surface area (Å²) in [4.78, 5) is 14.6. The molecule has 0 bridgehead atoms. The number of hydrogen-bond donors (Lipinski definition) is 1. The zero-order valence-electron chi connectivity index (χ0n) is 12.0. The standard InChI is InChI=1S/C16H20N2O2.ClH/c17-10-14-6-3-4-8-18(14)16(19)13-9-12-5-1-2-7-15(12)20-11-13;/h1-2,5,7,9,14H,3-4,6,8,10-11,17H2;1H. The van der Waals surface area contributed by atoms with Crippen LogP contribution in [0.15, 0.2) is 29.8 Å². The van der Waals surface area contributed by atoms with Crippen molar-refractivity contribution >= 4 is 24.4 Å². The minimum Gasteiger partial charge on any atom is -0.488 e. The molecule has 0 radical (unpaired) electrons. The number of carbonyl (C=O) groups excluding carboxylic acids is 1. The van der Waals surface area contributed by atoms with Crippen molar-refractivity contribution < 1.29 is 9.53 Å². The lowest BCUT2D eigenvalue weighted by atomic mass is 9.99. The van der Waals surface area contributed by atoms with Gasteiger partial charge in [0, 0.05) is 24.7 Å². The third-order valence-corrected chi connectivity index (χ3v) is 4.07. The van der Waals surface area contributed by atoms with Crippen LogP contribution in [-0.4, -0.2) is 36.5 Å². The molecule has 0 aliphatic carbocycles. The fraction of sp³-hybridized carbons (Fsp3) is 0.438. The maximum atomic E-state index is 12.7. The maximum Gasteiger partial charge on any atom is 0.253 e. The van der Waals surface area contributed by atoms with Gasteiger partial charge < -0.3 is 15.4 Å². The Morgan fingerprint density at radius 2 is 2.14 bits per heavy atom. The second kappa shape index (κ2) is 6.96. The molecule has 2 heterocycles. The SMILES string of the molecule is Cl.NCC1CCCCN1C(=O)C1=Cc2ccccc2OC1. The van der Waals surface area contributed by atoms with E-state index in [0.29, 0.717) is 13.2 Å². The van der Waals surface area contributed by atoms with Crippen molar-refractivity contribution in [2.24, 2.45) is 5.73 Å². The number of nitrogens with zero attached hydrogens (tertiary/aromatic N) is 1. The second-order valence-corrected chi connectivity index (χ2v) is 5.38. The van der Waals surface area contributed by atoms with Crippen LogP contribution in [0.5, 0.6) is 5.75 Å². The monoisotopic (exact) mass is 308 g/mol. The molecule has 1 unspecified atom stereocenters. The molecule has 5 heteroatoms. The quantitative estimate of drug-likeness (QED) is 0.911. The minimum atomic E-state index is 0. The summed E-state index contributed by atoms with van der Waals surface area (Å²) in [6.45, 7) is 1.69. The summed E-state index contributed by atoms with van der Waals surface area (Å²) in [5.74, 6) is 0.924. The smallest absolute Gasteiger partial charge is 0.253 e. The molecule has 1 aromatic carbocycles. The topological polar surface area (TPSA) is 55.6 Å². The number of rotatable bonds is 2. The van der Waals surface area contributed by atoms with Gasteiger partial charge in [-0.15, -0.1) is 12.4 Å². The molecule has 0 saturated carbocycles. The zero-order valence-corrected chi connectivity index (χ0v) is 12.8. The summed E-state index contributed by atoms with van der Waals surface area (Å²) >= 11 is 0. The number of hydrogen-bond acceptors (Lipinski definition) is 3. The zero-order chi connectivity index (χ0) is 13.9. The van der Waals surface area contributed by atoms with E-state index in [-0.39, 0.29) is 24.4 Å². The van der Waals surface area contributed by atoms with E-state index in [1.165, 1.54) is 0 Å². The van der Waals surface area contributed by atoms with E-state index in [9.17, 15) is 4.79 Å². The van der Waals surface area contributed by atoms with Crippen molar-refractivity contribution in [3.63, 3.8) is 0 Å². The van der Waals surface area contributed by atoms with E-state index in [4.69, 9.17) is 10.5 Å².